The van der Waals surface area contributed by atoms with Crippen molar-refractivity contribution in [3.8, 4) is 0 Å². The van der Waals surface area contributed by atoms with Crippen molar-refractivity contribution in [2.24, 2.45) is 5.92 Å². The normalized spacial score (nSPS) is 28.0. The molecule has 2 saturated heterocycles. The SMILES string of the molecule is Cc1cccn2cc(C(=O)N3C[C@H]4[C@H](N(C)C)CS(=O)(=O)[C@H]4C3)nc12. The molecule has 134 valence electrons. The van der Waals surface area contributed by atoms with Gasteiger partial charge in [-0.25, -0.2) is 13.4 Å². The third kappa shape index (κ3) is 2.55. The monoisotopic (exact) mass is 362 g/mol. The van der Waals surface area contributed by atoms with Crippen molar-refractivity contribution in [2.45, 2.75) is 18.2 Å². The maximum Gasteiger partial charge on any atom is 0.274 e. The Morgan fingerprint density at radius 1 is 1.32 bits per heavy atom. The number of nitrogens with zero attached hydrogens (tertiary/aromatic N) is 4. The summed E-state index contributed by atoms with van der Waals surface area (Å²) in [4.78, 5) is 21.0. The molecule has 2 fully saturated rings. The number of rotatable bonds is 2. The number of hydrogen-bond acceptors (Lipinski definition) is 5. The van der Waals surface area contributed by atoms with Crippen molar-refractivity contribution in [3.63, 3.8) is 0 Å². The van der Waals surface area contributed by atoms with Crippen molar-refractivity contribution in [1.82, 2.24) is 19.2 Å². The van der Waals surface area contributed by atoms with Crippen LogP contribution in [-0.2, 0) is 9.84 Å². The minimum atomic E-state index is -3.16. The van der Waals surface area contributed by atoms with Crippen LogP contribution in [0.25, 0.3) is 5.65 Å². The largest absolute Gasteiger partial charge is 0.336 e. The van der Waals surface area contributed by atoms with Crippen LogP contribution >= 0.6 is 0 Å². The van der Waals surface area contributed by atoms with Gasteiger partial charge in [-0.05, 0) is 32.6 Å². The summed E-state index contributed by atoms with van der Waals surface area (Å²) < 4.78 is 26.8. The second-order valence-corrected chi connectivity index (χ2v) is 9.59. The Morgan fingerprint density at radius 3 is 2.76 bits per heavy atom. The maximum absolute atomic E-state index is 12.9. The highest BCUT2D eigenvalue weighted by atomic mass is 32.2. The third-order valence-corrected chi connectivity index (χ3v) is 7.74. The first-order valence-corrected chi connectivity index (χ1v) is 10.1. The molecule has 4 heterocycles. The molecule has 0 radical (unpaired) electrons. The van der Waals surface area contributed by atoms with Gasteiger partial charge in [-0.1, -0.05) is 6.07 Å². The van der Waals surface area contributed by atoms with Gasteiger partial charge in [0.2, 0.25) is 0 Å². The topological polar surface area (TPSA) is 75.0 Å². The first kappa shape index (κ1) is 16.5. The molecule has 0 N–H and O–H groups in total. The van der Waals surface area contributed by atoms with E-state index in [0.29, 0.717) is 12.2 Å². The molecule has 0 bridgehead atoms. The van der Waals surface area contributed by atoms with Crippen molar-refractivity contribution in [2.75, 3.05) is 32.9 Å². The van der Waals surface area contributed by atoms with Gasteiger partial charge in [0.15, 0.2) is 9.84 Å². The summed E-state index contributed by atoms with van der Waals surface area (Å²) in [5, 5.41) is -0.456. The minimum absolute atomic E-state index is 0.0253. The number of likely N-dealkylation sites (tertiary alicyclic amines) is 1. The van der Waals surface area contributed by atoms with Crippen molar-refractivity contribution < 1.29 is 13.2 Å². The smallest absolute Gasteiger partial charge is 0.274 e. The molecule has 0 aromatic carbocycles. The molecule has 0 spiro atoms. The van der Waals surface area contributed by atoms with E-state index in [1.54, 1.807) is 11.1 Å². The molecule has 2 aliphatic heterocycles. The average Bonchev–Trinajstić information content (AvgIpc) is 3.21. The lowest BCUT2D eigenvalue weighted by atomic mass is 10.00. The fraction of sp³-hybridized carbons (Fsp3) is 0.529. The van der Waals surface area contributed by atoms with E-state index >= 15 is 0 Å². The summed E-state index contributed by atoms with van der Waals surface area (Å²) in [5.74, 6) is -0.0294. The lowest BCUT2D eigenvalue weighted by Gasteiger charge is -2.24. The van der Waals surface area contributed by atoms with Crippen molar-refractivity contribution in [3.05, 3.63) is 35.8 Å². The molecule has 2 aromatic rings. The zero-order valence-electron chi connectivity index (χ0n) is 14.6. The van der Waals surface area contributed by atoms with Gasteiger partial charge in [0.25, 0.3) is 5.91 Å². The highest BCUT2D eigenvalue weighted by molar-refractivity contribution is 7.92. The Bertz CT molecular complexity index is 950. The number of amides is 1. The molecule has 0 unspecified atom stereocenters. The average molecular weight is 362 g/mol. The van der Waals surface area contributed by atoms with Crippen LogP contribution in [0, 0.1) is 12.8 Å². The predicted octanol–water partition coefficient (Wildman–Crippen LogP) is 0.442. The molecule has 1 amide bonds. The lowest BCUT2D eigenvalue weighted by molar-refractivity contribution is 0.0774. The van der Waals surface area contributed by atoms with Crippen molar-refractivity contribution in [1.29, 1.82) is 0 Å². The Hall–Kier alpha value is -1.93. The van der Waals surface area contributed by atoms with E-state index in [2.05, 4.69) is 4.98 Å². The first-order chi connectivity index (χ1) is 11.8. The summed E-state index contributed by atoms with van der Waals surface area (Å²) in [6.45, 7) is 2.69. The number of aryl methyl sites for hydroxylation is 1. The van der Waals surface area contributed by atoms with Crippen LogP contribution in [0.2, 0.25) is 0 Å². The Morgan fingerprint density at radius 2 is 2.08 bits per heavy atom. The number of aromatic nitrogens is 2. The van der Waals surface area contributed by atoms with E-state index in [-0.39, 0.29) is 30.2 Å². The quantitative estimate of drug-likeness (QED) is 0.775. The predicted molar refractivity (Wildman–Crippen MR) is 94.4 cm³/mol. The zero-order chi connectivity index (χ0) is 17.9. The van der Waals surface area contributed by atoms with Crippen LogP contribution < -0.4 is 0 Å². The van der Waals surface area contributed by atoms with Gasteiger partial charge in [-0.15, -0.1) is 0 Å². The van der Waals surface area contributed by atoms with Gasteiger partial charge in [-0.3, -0.25) is 4.79 Å². The van der Waals surface area contributed by atoms with Gasteiger partial charge in [0.1, 0.15) is 11.3 Å². The Labute approximate surface area is 147 Å². The summed E-state index contributed by atoms with van der Waals surface area (Å²) in [6.07, 6.45) is 3.58. The molecule has 2 aliphatic rings. The number of carbonyl (C=O) groups is 1. The minimum Gasteiger partial charge on any atom is -0.336 e. The van der Waals surface area contributed by atoms with Crippen LogP contribution in [-0.4, -0.2) is 77.7 Å². The summed E-state index contributed by atoms with van der Waals surface area (Å²) in [7, 11) is 0.642. The molecule has 25 heavy (non-hydrogen) atoms. The van der Waals surface area contributed by atoms with E-state index < -0.39 is 15.1 Å². The fourth-order valence-electron chi connectivity index (χ4n) is 4.15. The van der Waals surface area contributed by atoms with E-state index in [1.807, 2.05) is 48.6 Å². The van der Waals surface area contributed by atoms with Gasteiger partial charge in [0.05, 0.1) is 11.0 Å². The summed E-state index contributed by atoms with van der Waals surface area (Å²) >= 11 is 0. The molecule has 0 saturated carbocycles. The molecule has 0 aliphatic carbocycles. The number of imidazole rings is 1. The van der Waals surface area contributed by atoms with Crippen LogP contribution in [0.15, 0.2) is 24.5 Å². The molecule has 4 rings (SSSR count). The molecule has 2 aromatic heterocycles. The van der Waals surface area contributed by atoms with Gasteiger partial charge in [0, 0.05) is 37.4 Å². The molecular weight excluding hydrogens is 340 g/mol. The third-order valence-electron chi connectivity index (χ3n) is 5.52. The van der Waals surface area contributed by atoms with Crippen molar-refractivity contribution >= 4 is 21.4 Å². The fourth-order valence-corrected chi connectivity index (χ4v) is 6.63. The second kappa shape index (κ2) is 5.54. The maximum atomic E-state index is 12.9. The standard InChI is InChI=1S/C17H22N4O3S/c1-11-5-4-6-20-8-13(18-16(11)20)17(22)21-7-12-14(19(2)3)10-25(23,24)15(12)9-21/h4-6,8,12,14-15H,7,9-10H2,1-3H3/t12-,14+,15-/m0/s1. The van der Waals surface area contributed by atoms with Gasteiger partial charge >= 0.3 is 0 Å². The zero-order valence-corrected chi connectivity index (χ0v) is 15.4. The first-order valence-electron chi connectivity index (χ1n) is 8.39. The number of hydrogen-bond donors (Lipinski definition) is 0. The van der Waals surface area contributed by atoms with E-state index in [9.17, 15) is 13.2 Å². The number of sulfone groups is 1. The van der Waals surface area contributed by atoms with Crippen LogP contribution in [0.4, 0.5) is 0 Å². The highest BCUT2D eigenvalue weighted by Gasteiger charge is 2.53. The van der Waals surface area contributed by atoms with Crippen LogP contribution in [0.3, 0.4) is 0 Å². The molecule has 3 atom stereocenters. The molecular formula is C17H22N4O3S. The lowest BCUT2D eigenvalue weighted by Crippen LogP contribution is -2.38. The molecule has 7 nitrogen and oxygen atoms in total. The number of fused-ring (bicyclic) bond motifs is 2. The summed E-state index contributed by atoms with van der Waals surface area (Å²) in [6, 6.07) is 3.83. The van der Waals surface area contributed by atoms with E-state index in [1.165, 1.54) is 0 Å². The van der Waals surface area contributed by atoms with Crippen LogP contribution in [0.1, 0.15) is 16.1 Å². The number of pyridine rings is 1. The van der Waals surface area contributed by atoms with Gasteiger partial charge in [-0.2, -0.15) is 0 Å². The van der Waals surface area contributed by atoms with Crippen LogP contribution in [0.5, 0.6) is 0 Å². The Balaban J connectivity index is 1.63. The van der Waals surface area contributed by atoms with E-state index in [4.69, 9.17) is 0 Å². The number of carbonyl (C=O) groups excluding carboxylic acids is 1. The molecule has 8 heteroatoms. The highest BCUT2D eigenvalue weighted by Crippen LogP contribution is 2.36. The van der Waals surface area contributed by atoms with E-state index in [0.717, 1.165) is 11.2 Å². The summed E-state index contributed by atoms with van der Waals surface area (Å²) in [5.41, 5.74) is 2.12. The van der Waals surface area contributed by atoms with Gasteiger partial charge < -0.3 is 14.2 Å². The Kier molecular flexibility index (Phi) is 3.66. The second-order valence-electron chi connectivity index (χ2n) is 7.32.